The number of fused-ring (bicyclic) bond motifs is 2. The van der Waals surface area contributed by atoms with E-state index in [1.807, 2.05) is 36.4 Å². The van der Waals surface area contributed by atoms with E-state index in [9.17, 15) is 22.8 Å². The maximum atomic E-state index is 13.1. The largest absolute Gasteiger partial charge is 0.481 e. The van der Waals surface area contributed by atoms with E-state index in [1.54, 1.807) is 0 Å². The molecule has 0 atom stereocenters. The predicted octanol–water partition coefficient (Wildman–Crippen LogP) is 7.81. The molecule has 5 aromatic rings. The van der Waals surface area contributed by atoms with Crippen LogP contribution in [0.15, 0.2) is 97.2 Å². The number of likely N-dealkylation sites (tertiary alicyclic amines) is 2. The Morgan fingerprint density at radius 2 is 1.22 bits per heavy atom. The molecule has 4 heterocycles. The quantitative estimate of drug-likeness (QED) is 0.119. The Hall–Kier alpha value is -5.13. The Morgan fingerprint density at radius 3 is 1.81 bits per heavy atom. The molecule has 59 heavy (non-hydrogen) atoms. The van der Waals surface area contributed by atoms with Gasteiger partial charge in [0.05, 0.1) is 12.8 Å². The number of hydrogen-bond acceptors (Lipinski definition) is 5. The zero-order chi connectivity index (χ0) is 41.1. The second kappa shape index (κ2) is 20.2. The summed E-state index contributed by atoms with van der Waals surface area (Å²) in [6, 6.07) is 28.9. The van der Waals surface area contributed by atoms with Crippen molar-refractivity contribution in [1.29, 1.82) is 0 Å². The number of piperidine rings is 2. The zero-order valence-electron chi connectivity index (χ0n) is 33.8. The van der Waals surface area contributed by atoms with Gasteiger partial charge in [0, 0.05) is 81.8 Å². The Bertz CT molecular complexity index is 2140. The summed E-state index contributed by atoms with van der Waals surface area (Å²) in [5.74, 6) is -1.29. The van der Waals surface area contributed by atoms with Crippen LogP contribution in [0.25, 0.3) is 10.9 Å². The molecule has 312 valence electrons. The van der Waals surface area contributed by atoms with Gasteiger partial charge >= 0.3 is 5.97 Å². The summed E-state index contributed by atoms with van der Waals surface area (Å²) in [7, 11) is 0. The highest BCUT2D eigenvalue weighted by molar-refractivity contribution is 5.84. The lowest BCUT2D eigenvalue weighted by atomic mass is 10.0. The summed E-state index contributed by atoms with van der Waals surface area (Å²) in [6.07, 6.45) is 9.86. The Balaban J connectivity index is 0.000000180. The fourth-order valence-electron chi connectivity index (χ4n) is 8.92. The van der Waals surface area contributed by atoms with Crippen molar-refractivity contribution >= 4 is 28.5 Å². The highest BCUT2D eigenvalue weighted by Crippen LogP contribution is 2.34. The second-order valence-electron chi connectivity index (χ2n) is 16.2. The number of anilines is 1. The van der Waals surface area contributed by atoms with Gasteiger partial charge in [-0.05, 0) is 121 Å². The second-order valence-corrected chi connectivity index (χ2v) is 16.2. The van der Waals surface area contributed by atoms with Gasteiger partial charge in [-0.1, -0.05) is 48.5 Å². The number of hydrogen-bond donors (Lipinski definition) is 2. The van der Waals surface area contributed by atoms with Crippen LogP contribution in [0.4, 0.5) is 18.9 Å². The zero-order valence-corrected chi connectivity index (χ0v) is 33.8. The number of amides is 1. The van der Waals surface area contributed by atoms with E-state index in [2.05, 4.69) is 61.1 Å². The minimum Gasteiger partial charge on any atom is -0.481 e. The molecule has 2 N–H and O–H groups in total. The van der Waals surface area contributed by atoms with Crippen LogP contribution < -0.4 is 10.2 Å². The molecular formula is C48H56F3N5O3. The van der Waals surface area contributed by atoms with Gasteiger partial charge in [0.15, 0.2) is 0 Å². The highest BCUT2D eigenvalue weighted by atomic mass is 19.1. The number of rotatable bonds is 14. The lowest BCUT2D eigenvalue weighted by Gasteiger charge is -2.38. The molecule has 3 aliphatic heterocycles. The summed E-state index contributed by atoms with van der Waals surface area (Å²) in [5.41, 5.74) is 7.92. The number of aliphatic carboxylic acids is 1. The number of carboxylic acids is 1. The maximum absolute atomic E-state index is 13.1. The third-order valence-corrected chi connectivity index (χ3v) is 12.2. The number of nitrogens with one attached hydrogen (secondary N) is 1. The van der Waals surface area contributed by atoms with E-state index >= 15 is 0 Å². The molecule has 11 heteroatoms. The van der Waals surface area contributed by atoms with Gasteiger partial charge in [0.25, 0.3) is 0 Å². The van der Waals surface area contributed by atoms with Crippen molar-refractivity contribution in [2.75, 3.05) is 63.9 Å². The number of carboxylic acid groups (broad SMARTS) is 1. The SMILES string of the molecule is O=C(Cc1ccc2ccn(C3CCN(CCc4ccc(F)cc4)CC3)c2c1)NCCF.O=C(O)Cc1ccc2c(c1)N(C1CCN(CCc3ccc(F)cc3)CC1)CC2. The molecule has 1 amide bonds. The number of benzene rings is 4. The van der Waals surface area contributed by atoms with Crippen molar-refractivity contribution in [2.24, 2.45) is 0 Å². The van der Waals surface area contributed by atoms with Crippen molar-refractivity contribution < 1.29 is 27.9 Å². The first kappa shape index (κ1) is 42.0. The van der Waals surface area contributed by atoms with E-state index in [-0.39, 0.29) is 36.9 Å². The molecular weight excluding hydrogens is 752 g/mol. The minimum atomic E-state index is -0.779. The lowest BCUT2D eigenvalue weighted by Crippen LogP contribution is -2.45. The van der Waals surface area contributed by atoms with Gasteiger partial charge in [-0.25, -0.2) is 13.2 Å². The van der Waals surface area contributed by atoms with E-state index in [0.717, 1.165) is 107 Å². The van der Waals surface area contributed by atoms with Crippen LogP contribution >= 0.6 is 0 Å². The Morgan fingerprint density at radius 1 is 0.661 bits per heavy atom. The van der Waals surface area contributed by atoms with Crippen LogP contribution in [0.5, 0.6) is 0 Å². The van der Waals surface area contributed by atoms with Crippen LogP contribution in [-0.4, -0.2) is 96.4 Å². The van der Waals surface area contributed by atoms with Crippen LogP contribution in [0.1, 0.15) is 59.5 Å². The fourth-order valence-corrected chi connectivity index (χ4v) is 8.92. The van der Waals surface area contributed by atoms with Gasteiger partial charge in [-0.3, -0.25) is 9.59 Å². The van der Waals surface area contributed by atoms with Crippen LogP contribution in [-0.2, 0) is 41.7 Å². The van der Waals surface area contributed by atoms with Gasteiger partial charge in [0.1, 0.15) is 18.3 Å². The van der Waals surface area contributed by atoms with Crippen molar-refractivity contribution in [3.8, 4) is 0 Å². The van der Waals surface area contributed by atoms with Gasteiger partial charge in [-0.15, -0.1) is 0 Å². The predicted molar refractivity (Wildman–Crippen MR) is 228 cm³/mol. The minimum absolute atomic E-state index is 0.0667. The fraction of sp³-hybridized carbons (Fsp3) is 0.417. The van der Waals surface area contributed by atoms with Crippen molar-refractivity contribution in [3.63, 3.8) is 0 Å². The molecule has 2 saturated heterocycles. The monoisotopic (exact) mass is 807 g/mol. The molecule has 0 radical (unpaired) electrons. The van der Waals surface area contributed by atoms with E-state index < -0.39 is 12.6 Å². The molecule has 2 fully saturated rings. The number of carbonyl (C=O) groups is 2. The molecule has 4 aromatic carbocycles. The van der Waals surface area contributed by atoms with Crippen molar-refractivity contribution in [3.05, 3.63) is 137 Å². The van der Waals surface area contributed by atoms with E-state index in [4.69, 9.17) is 5.11 Å². The van der Waals surface area contributed by atoms with Crippen LogP contribution in [0, 0.1) is 11.6 Å². The molecule has 1 aromatic heterocycles. The summed E-state index contributed by atoms with van der Waals surface area (Å²) >= 11 is 0. The molecule has 8 rings (SSSR count). The third kappa shape index (κ3) is 11.5. The molecule has 0 unspecified atom stereocenters. The summed E-state index contributed by atoms with van der Waals surface area (Å²) in [4.78, 5) is 30.4. The molecule has 8 nitrogen and oxygen atoms in total. The third-order valence-electron chi connectivity index (χ3n) is 12.2. The standard InChI is InChI=1S/C25H29F2N3O.C23H27FN2O2/c26-11-12-28-25(31)18-20-1-4-21-8-16-30(24(21)17-20)23-9-14-29(15-10-23)13-7-19-2-5-22(27)6-3-19;24-20-5-2-17(3-6-20)7-11-25-12-9-21(10-13-25)26-14-8-19-4-1-18(15-22(19)26)16-23(27)28/h1-6,8,16-17,23H,7,9-15,18H2,(H,28,31);1-6,15,21H,7-14,16H2,(H,27,28). The first-order valence-corrected chi connectivity index (χ1v) is 21.2. The average molecular weight is 808 g/mol. The number of carbonyl (C=O) groups excluding carboxylic acids is 1. The highest BCUT2D eigenvalue weighted by Gasteiger charge is 2.29. The van der Waals surface area contributed by atoms with Gasteiger partial charge in [-0.2, -0.15) is 0 Å². The number of aromatic nitrogens is 1. The Kier molecular flexibility index (Phi) is 14.4. The van der Waals surface area contributed by atoms with E-state index in [0.29, 0.717) is 12.1 Å². The number of alkyl halides is 1. The van der Waals surface area contributed by atoms with Gasteiger partial charge < -0.3 is 29.7 Å². The molecule has 3 aliphatic rings. The number of nitrogens with zero attached hydrogens (tertiary/aromatic N) is 4. The maximum Gasteiger partial charge on any atom is 0.307 e. The number of halogens is 3. The van der Waals surface area contributed by atoms with Crippen LogP contribution in [0.2, 0.25) is 0 Å². The average Bonchev–Trinajstić information content (AvgIpc) is 3.87. The molecule has 0 aliphatic carbocycles. The van der Waals surface area contributed by atoms with Crippen molar-refractivity contribution in [1.82, 2.24) is 19.7 Å². The normalized spacial score (nSPS) is 16.5. The summed E-state index contributed by atoms with van der Waals surface area (Å²) < 4.78 is 40.7. The smallest absolute Gasteiger partial charge is 0.307 e. The summed E-state index contributed by atoms with van der Waals surface area (Å²) in [5, 5.41) is 12.8. The van der Waals surface area contributed by atoms with Gasteiger partial charge in [0.2, 0.25) is 5.91 Å². The first-order valence-electron chi connectivity index (χ1n) is 21.2. The molecule has 0 bridgehead atoms. The lowest BCUT2D eigenvalue weighted by molar-refractivity contribution is -0.136. The van der Waals surface area contributed by atoms with E-state index in [1.165, 1.54) is 52.0 Å². The topological polar surface area (TPSA) is 81.0 Å². The molecule has 0 spiro atoms. The Labute approximate surface area is 345 Å². The van der Waals surface area contributed by atoms with Crippen LogP contribution in [0.3, 0.4) is 0 Å². The molecule has 0 saturated carbocycles. The summed E-state index contributed by atoms with van der Waals surface area (Å²) in [6.45, 7) is 6.78. The van der Waals surface area contributed by atoms with Crippen molar-refractivity contribution in [2.45, 2.75) is 69.9 Å². The first-order chi connectivity index (χ1) is 28.7.